The largest absolute Gasteiger partial charge is 0.294 e. The van der Waals surface area contributed by atoms with E-state index in [1.807, 2.05) is 24.3 Å². The lowest BCUT2D eigenvalue weighted by molar-refractivity contribution is -0.115. The van der Waals surface area contributed by atoms with E-state index in [0.717, 1.165) is 36.3 Å². The van der Waals surface area contributed by atoms with Crippen LogP contribution in [0.3, 0.4) is 0 Å². The summed E-state index contributed by atoms with van der Waals surface area (Å²) in [5.74, 6) is 0.987. The number of carbonyl (C=O) groups is 1. The molecule has 0 radical (unpaired) electrons. The van der Waals surface area contributed by atoms with E-state index >= 15 is 0 Å². The number of hydrogen-bond acceptors (Lipinski definition) is 1. The summed E-state index contributed by atoms with van der Waals surface area (Å²) in [6, 6.07) is 7.52. The summed E-state index contributed by atoms with van der Waals surface area (Å²) < 4.78 is 0. The van der Waals surface area contributed by atoms with Crippen LogP contribution in [-0.4, -0.2) is 5.78 Å². The second-order valence-electron chi connectivity index (χ2n) is 4.84. The van der Waals surface area contributed by atoms with Crippen molar-refractivity contribution in [1.29, 1.82) is 0 Å². The van der Waals surface area contributed by atoms with Crippen LogP contribution in [0.5, 0.6) is 0 Å². The molecule has 1 atom stereocenters. The van der Waals surface area contributed by atoms with Gasteiger partial charge in [-0.25, -0.2) is 0 Å². The molecule has 1 nitrogen and oxygen atoms in total. The molecule has 0 heterocycles. The van der Waals surface area contributed by atoms with Gasteiger partial charge < -0.3 is 0 Å². The van der Waals surface area contributed by atoms with E-state index in [2.05, 4.69) is 13.0 Å². The highest BCUT2D eigenvalue weighted by Gasteiger charge is 2.16. The minimum Gasteiger partial charge on any atom is -0.294 e. The van der Waals surface area contributed by atoms with Crippen LogP contribution >= 0.6 is 11.6 Å². The third-order valence-electron chi connectivity index (χ3n) is 3.31. The number of ketones is 1. The van der Waals surface area contributed by atoms with Crippen molar-refractivity contribution in [2.24, 2.45) is 5.92 Å². The van der Waals surface area contributed by atoms with Crippen LogP contribution < -0.4 is 0 Å². The first-order valence-corrected chi connectivity index (χ1v) is 6.49. The van der Waals surface area contributed by atoms with Crippen LogP contribution in [0.1, 0.15) is 31.7 Å². The Morgan fingerprint density at radius 1 is 1.35 bits per heavy atom. The Labute approximate surface area is 107 Å². The SMILES string of the molecule is CC1CC=C(C(=O)Cc2ccc(Cl)cc2)CC1. The minimum atomic E-state index is 0.263. The molecule has 0 aliphatic heterocycles. The van der Waals surface area contributed by atoms with Crippen LogP contribution in [0.4, 0.5) is 0 Å². The van der Waals surface area contributed by atoms with Crippen LogP contribution in [0, 0.1) is 5.92 Å². The van der Waals surface area contributed by atoms with Crippen LogP contribution in [0.2, 0.25) is 5.02 Å². The molecule has 1 aromatic rings. The summed E-state index contributed by atoms with van der Waals surface area (Å²) in [7, 11) is 0. The molecule has 2 heteroatoms. The molecule has 1 aliphatic carbocycles. The summed E-state index contributed by atoms with van der Waals surface area (Å²) in [5.41, 5.74) is 2.05. The highest BCUT2D eigenvalue weighted by atomic mass is 35.5. The van der Waals surface area contributed by atoms with E-state index in [-0.39, 0.29) is 5.78 Å². The third kappa shape index (κ3) is 3.44. The zero-order valence-electron chi connectivity index (χ0n) is 10.1. The first kappa shape index (κ1) is 12.4. The van der Waals surface area contributed by atoms with Crippen molar-refractivity contribution in [2.75, 3.05) is 0 Å². The fraction of sp³-hybridized carbons (Fsp3) is 0.400. The summed E-state index contributed by atoms with van der Waals surface area (Å²) >= 11 is 5.82. The lowest BCUT2D eigenvalue weighted by Gasteiger charge is -2.17. The normalized spacial score (nSPS) is 19.9. The van der Waals surface area contributed by atoms with E-state index < -0.39 is 0 Å². The Morgan fingerprint density at radius 2 is 2.06 bits per heavy atom. The van der Waals surface area contributed by atoms with Crippen molar-refractivity contribution in [2.45, 2.75) is 32.6 Å². The number of allylic oxidation sites excluding steroid dienone is 2. The molecule has 17 heavy (non-hydrogen) atoms. The average Bonchev–Trinajstić information content (AvgIpc) is 2.33. The molecule has 0 spiro atoms. The summed E-state index contributed by atoms with van der Waals surface area (Å²) in [4.78, 5) is 12.1. The number of rotatable bonds is 3. The molecule has 1 aromatic carbocycles. The minimum absolute atomic E-state index is 0.263. The number of halogens is 1. The first-order valence-electron chi connectivity index (χ1n) is 6.12. The number of benzene rings is 1. The number of carbonyl (C=O) groups excluding carboxylic acids is 1. The fourth-order valence-corrected chi connectivity index (χ4v) is 2.25. The maximum Gasteiger partial charge on any atom is 0.162 e. The van der Waals surface area contributed by atoms with Crippen molar-refractivity contribution >= 4 is 17.4 Å². The van der Waals surface area contributed by atoms with Gasteiger partial charge >= 0.3 is 0 Å². The first-order chi connectivity index (χ1) is 8.15. The quantitative estimate of drug-likeness (QED) is 0.784. The average molecular weight is 249 g/mol. The van der Waals surface area contributed by atoms with Crippen molar-refractivity contribution in [3.05, 3.63) is 46.5 Å². The van der Waals surface area contributed by atoms with Crippen molar-refractivity contribution in [3.63, 3.8) is 0 Å². The van der Waals surface area contributed by atoms with Crippen LogP contribution in [0.15, 0.2) is 35.9 Å². The molecule has 0 N–H and O–H groups in total. The van der Waals surface area contributed by atoms with Gasteiger partial charge in [0.25, 0.3) is 0 Å². The molecule has 2 rings (SSSR count). The molecule has 0 amide bonds. The van der Waals surface area contributed by atoms with Gasteiger partial charge in [-0.15, -0.1) is 0 Å². The molecule has 90 valence electrons. The zero-order valence-corrected chi connectivity index (χ0v) is 10.8. The molecule has 0 saturated carbocycles. The maximum atomic E-state index is 12.1. The van der Waals surface area contributed by atoms with Gasteiger partial charge in [0.1, 0.15) is 0 Å². The van der Waals surface area contributed by atoms with E-state index in [1.54, 1.807) is 0 Å². The van der Waals surface area contributed by atoms with Gasteiger partial charge in [0.05, 0.1) is 0 Å². The number of Topliss-reactive ketones (excluding diaryl/α,β-unsaturated/α-hetero) is 1. The molecule has 0 saturated heterocycles. The van der Waals surface area contributed by atoms with Crippen molar-refractivity contribution in [1.82, 2.24) is 0 Å². The topological polar surface area (TPSA) is 17.1 Å². The van der Waals surface area contributed by atoms with Crippen molar-refractivity contribution in [3.8, 4) is 0 Å². The van der Waals surface area contributed by atoms with E-state index in [0.29, 0.717) is 11.4 Å². The van der Waals surface area contributed by atoms with Gasteiger partial charge in [-0.1, -0.05) is 36.7 Å². The third-order valence-corrected chi connectivity index (χ3v) is 3.56. The standard InChI is InChI=1S/C15H17ClO/c1-11-2-6-13(7-3-11)15(17)10-12-4-8-14(16)9-5-12/h4-6,8-9,11H,2-3,7,10H2,1H3. The summed E-state index contributed by atoms with van der Waals surface area (Å²) in [5, 5.41) is 0.715. The Kier molecular flexibility index (Phi) is 4.01. The predicted octanol–water partition coefficient (Wildman–Crippen LogP) is 4.20. The van der Waals surface area contributed by atoms with E-state index in [9.17, 15) is 4.79 Å². The molecule has 0 bridgehead atoms. The Bertz CT molecular complexity index is 431. The fourth-order valence-electron chi connectivity index (χ4n) is 2.12. The Morgan fingerprint density at radius 3 is 2.65 bits per heavy atom. The van der Waals surface area contributed by atoms with Crippen LogP contribution in [-0.2, 0) is 11.2 Å². The molecule has 0 fully saturated rings. The molecule has 0 aromatic heterocycles. The van der Waals surface area contributed by atoms with Gasteiger partial charge in [-0.2, -0.15) is 0 Å². The van der Waals surface area contributed by atoms with Gasteiger partial charge in [0.2, 0.25) is 0 Å². The zero-order chi connectivity index (χ0) is 12.3. The number of hydrogen-bond donors (Lipinski definition) is 0. The highest BCUT2D eigenvalue weighted by Crippen LogP contribution is 2.24. The van der Waals surface area contributed by atoms with Gasteiger partial charge in [-0.3, -0.25) is 4.79 Å². The van der Waals surface area contributed by atoms with Gasteiger partial charge in [0, 0.05) is 11.4 Å². The van der Waals surface area contributed by atoms with Crippen LogP contribution in [0.25, 0.3) is 0 Å². The Balaban J connectivity index is 2.00. The smallest absolute Gasteiger partial charge is 0.162 e. The van der Waals surface area contributed by atoms with E-state index in [4.69, 9.17) is 11.6 Å². The van der Waals surface area contributed by atoms with E-state index in [1.165, 1.54) is 0 Å². The predicted molar refractivity (Wildman–Crippen MR) is 71.3 cm³/mol. The molecular formula is C15H17ClO. The molecule has 1 aliphatic rings. The monoisotopic (exact) mass is 248 g/mol. The summed E-state index contributed by atoms with van der Waals surface area (Å²) in [6.45, 7) is 2.23. The maximum absolute atomic E-state index is 12.1. The lowest BCUT2D eigenvalue weighted by Crippen LogP contribution is -2.11. The molecular weight excluding hydrogens is 232 g/mol. The second kappa shape index (κ2) is 5.50. The second-order valence-corrected chi connectivity index (χ2v) is 5.27. The lowest BCUT2D eigenvalue weighted by atomic mass is 9.88. The van der Waals surface area contributed by atoms with Gasteiger partial charge in [-0.05, 0) is 48.4 Å². The highest BCUT2D eigenvalue weighted by molar-refractivity contribution is 6.30. The summed E-state index contributed by atoms with van der Waals surface area (Å²) in [6.07, 6.45) is 5.73. The Hall–Kier alpha value is -1.08. The van der Waals surface area contributed by atoms with Gasteiger partial charge in [0.15, 0.2) is 5.78 Å². The van der Waals surface area contributed by atoms with Crippen molar-refractivity contribution < 1.29 is 4.79 Å². The molecule has 1 unspecified atom stereocenters.